The first-order chi connectivity index (χ1) is 10.7. The van der Waals surface area contributed by atoms with Crippen molar-refractivity contribution in [2.24, 2.45) is 5.92 Å². The van der Waals surface area contributed by atoms with Crippen LogP contribution in [-0.2, 0) is 10.3 Å². The minimum absolute atomic E-state index is 0.184. The van der Waals surface area contributed by atoms with Crippen LogP contribution in [0.4, 0.5) is 0 Å². The maximum Gasteiger partial charge on any atom is 0.219 e. The molecule has 0 spiro atoms. The normalized spacial score (nSPS) is 27.4. The Balaban J connectivity index is 1.96. The molecule has 3 rings (SSSR count). The summed E-state index contributed by atoms with van der Waals surface area (Å²) >= 11 is 0. The van der Waals surface area contributed by atoms with Crippen molar-refractivity contribution < 1.29 is 4.79 Å². The van der Waals surface area contributed by atoms with Crippen LogP contribution in [-0.4, -0.2) is 30.4 Å². The van der Waals surface area contributed by atoms with Gasteiger partial charge in [-0.15, -0.1) is 0 Å². The topological polar surface area (TPSA) is 34.4 Å². The fraction of sp³-hybridized carbons (Fsp3) is 0.632. The minimum atomic E-state index is -0.185. The van der Waals surface area contributed by atoms with E-state index in [1.54, 1.807) is 6.92 Å². The molecule has 3 heteroatoms. The Kier molecular flexibility index (Phi) is 4.82. The predicted octanol–water partition coefficient (Wildman–Crippen LogP) is 3.32. The summed E-state index contributed by atoms with van der Waals surface area (Å²) in [4.78, 5) is 14.0. The summed E-state index contributed by atoms with van der Waals surface area (Å²) in [5.74, 6) is 0.753. The van der Waals surface area contributed by atoms with Crippen molar-refractivity contribution in [3.8, 4) is 0 Å². The molecule has 1 unspecified atom stereocenters. The summed E-state index contributed by atoms with van der Waals surface area (Å²) in [5, 5.41) is 5.14. The molecule has 1 radical (unpaired) electrons. The van der Waals surface area contributed by atoms with Crippen molar-refractivity contribution in [2.75, 3.05) is 19.6 Å². The summed E-state index contributed by atoms with van der Waals surface area (Å²) in [6.45, 7) is 3.99. The molecule has 1 atom stereocenters. The van der Waals surface area contributed by atoms with Crippen LogP contribution < -0.4 is 5.32 Å². The zero-order chi connectivity index (χ0) is 15.4. The van der Waals surface area contributed by atoms with Gasteiger partial charge in [0.1, 0.15) is 0 Å². The van der Waals surface area contributed by atoms with E-state index >= 15 is 0 Å². The summed E-state index contributed by atoms with van der Waals surface area (Å²) < 4.78 is 0. The zero-order valence-corrected chi connectivity index (χ0v) is 13.6. The Hall–Kier alpha value is -1.35. The fourth-order valence-electron chi connectivity index (χ4n) is 4.22. The van der Waals surface area contributed by atoms with E-state index in [0.29, 0.717) is 5.92 Å². The van der Waals surface area contributed by atoms with Crippen molar-refractivity contribution in [3.05, 3.63) is 35.9 Å². The molecule has 119 valence electrons. The highest BCUT2D eigenvalue weighted by molar-refractivity contribution is 5.73. The van der Waals surface area contributed by atoms with Crippen LogP contribution in [0.5, 0.6) is 0 Å². The van der Waals surface area contributed by atoms with Crippen molar-refractivity contribution in [1.29, 1.82) is 0 Å². The number of nitrogens with zero attached hydrogens (tertiary/aromatic N) is 2. The van der Waals surface area contributed by atoms with Gasteiger partial charge < -0.3 is 4.90 Å². The van der Waals surface area contributed by atoms with Crippen LogP contribution in [0.3, 0.4) is 0 Å². The molecule has 0 aromatic heterocycles. The Morgan fingerprint density at radius 3 is 2.45 bits per heavy atom. The van der Waals surface area contributed by atoms with Crippen LogP contribution in [0.25, 0.3) is 0 Å². The molecule has 1 heterocycles. The third kappa shape index (κ3) is 3.05. The summed E-state index contributed by atoms with van der Waals surface area (Å²) in [5.41, 5.74) is 1.11. The van der Waals surface area contributed by atoms with E-state index in [1.807, 2.05) is 4.90 Å². The highest BCUT2D eigenvalue weighted by Gasteiger charge is 2.44. The highest BCUT2D eigenvalue weighted by Crippen LogP contribution is 2.41. The second-order valence-corrected chi connectivity index (χ2v) is 6.80. The Morgan fingerprint density at radius 2 is 1.82 bits per heavy atom. The van der Waals surface area contributed by atoms with E-state index in [-0.39, 0.29) is 11.4 Å². The largest absolute Gasteiger partial charge is 0.339 e. The summed E-state index contributed by atoms with van der Waals surface area (Å²) in [7, 11) is 0. The van der Waals surface area contributed by atoms with Crippen molar-refractivity contribution in [3.63, 3.8) is 0 Å². The molecule has 1 amide bonds. The number of carbonyl (C=O) groups excluding carboxylic acids is 1. The lowest BCUT2D eigenvalue weighted by atomic mass is 9.73. The number of carbonyl (C=O) groups is 1. The molecule has 1 aliphatic heterocycles. The molecule has 1 saturated heterocycles. The third-order valence-electron chi connectivity index (χ3n) is 5.45. The second kappa shape index (κ2) is 6.82. The first-order valence-corrected chi connectivity index (χ1v) is 8.72. The molecule has 2 aliphatic rings. The Morgan fingerprint density at radius 1 is 1.14 bits per heavy atom. The maximum atomic E-state index is 12.0. The number of benzene rings is 1. The van der Waals surface area contributed by atoms with Gasteiger partial charge in [-0.2, -0.15) is 0 Å². The third-order valence-corrected chi connectivity index (χ3v) is 5.45. The summed E-state index contributed by atoms with van der Waals surface area (Å²) in [6, 6.07) is 10.7. The van der Waals surface area contributed by atoms with Crippen molar-refractivity contribution >= 4 is 5.91 Å². The molecule has 1 aromatic carbocycles. The maximum absolute atomic E-state index is 12.0. The van der Waals surface area contributed by atoms with Crippen LogP contribution in [0, 0.1) is 5.92 Å². The molecule has 0 N–H and O–H groups in total. The van der Waals surface area contributed by atoms with Gasteiger partial charge in [-0.1, -0.05) is 56.0 Å². The first kappa shape index (κ1) is 15.5. The van der Waals surface area contributed by atoms with Crippen molar-refractivity contribution in [1.82, 2.24) is 10.2 Å². The van der Waals surface area contributed by atoms with E-state index in [1.165, 1.54) is 44.1 Å². The quantitative estimate of drug-likeness (QED) is 0.771. The van der Waals surface area contributed by atoms with E-state index in [2.05, 4.69) is 30.3 Å². The van der Waals surface area contributed by atoms with Gasteiger partial charge in [-0.25, -0.2) is 5.32 Å². The van der Waals surface area contributed by atoms with Gasteiger partial charge in [-0.05, 0) is 24.3 Å². The van der Waals surface area contributed by atoms with Gasteiger partial charge >= 0.3 is 0 Å². The van der Waals surface area contributed by atoms with Gasteiger partial charge in [0.15, 0.2) is 0 Å². The van der Waals surface area contributed by atoms with E-state index < -0.39 is 0 Å². The number of rotatable bonds is 2. The lowest BCUT2D eigenvalue weighted by Gasteiger charge is -2.47. The molecule has 1 aromatic rings. The smallest absolute Gasteiger partial charge is 0.219 e. The van der Waals surface area contributed by atoms with Gasteiger partial charge in [-0.3, -0.25) is 4.79 Å². The zero-order valence-electron chi connectivity index (χ0n) is 13.6. The average Bonchev–Trinajstić information content (AvgIpc) is 2.85. The highest BCUT2D eigenvalue weighted by atomic mass is 16.2. The van der Waals surface area contributed by atoms with E-state index in [0.717, 1.165) is 19.6 Å². The summed E-state index contributed by atoms with van der Waals surface area (Å²) in [6.07, 6.45) is 7.77. The van der Waals surface area contributed by atoms with Gasteiger partial charge in [0, 0.05) is 26.6 Å². The Labute approximate surface area is 134 Å². The van der Waals surface area contributed by atoms with Crippen LogP contribution >= 0.6 is 0 Å². The standard InChI is InChI=1S/C19H27N2O/c1-16(22)21-14-13-20-19(15-21,18-11-7-4-8-12-18)17-9-5-2-3-6-10-17/h4,7-8,11-12,17H,2-3,5-6,9-10,13-15H2,1H3. The number of piperazine rings is 1. The molecule has 2 fully saturated rings. The van der Waals surface area contributed by atoms with Gasteiger partial charge in [0.2, 0.25) is 5.91 Å². The number of amides is 1. The molecule has 1 saturated carbocycles. The molecule has 0 bridgehead atoms. The predicted molar refractivity (Wildman–Crippen MR) is 88.6 cm³/mol. The molecule has 3 nitrogen and oxygen atoms in total. The van der Waals surface area contributed by atoms with Gasteiger partial charge in [0.05, 0.1) is 5.54 Å². The molecule has 22 heavy (non-hydrogen) atoms. The lowest BCUT2D eigenvalue weighted by molar-refractivity contribution is -0.132. The molecule has 1 aliphatic carbocycles. The second-order valence-electron chi connectivity index (χ2n) is 6.80. The molecular formula is C19H27N2O. The van der Waals surface area contributed by atoms with Crippen molar-refractivity contribution in [2.45, 2.75) is 51.0 Å². The first-order valence-electron chi connectivity index (χ1n) is 8.72. The SMILES string of the molecule is CC(=O)N1CC[N]C(c2ccccc2)(C2CCCCCC2)C1. The van der Waals surface area contributed by atoms with E-state index in [9.17, 15) is 4.79 Å². The van der Waals surface area contributed by atoms with E-state index in [4.69, 9.17) is 5.32 Å². The minimum Gasteiger partial charge on any atom is -0.339 e. The average molecular weight is 299 g/mol. The van der Waals surface area contributed by atoms with Crippen LogP contribution in [0.15, 0.2) is 30.3 Å². The molecular weight excluding hydrogens is 272 g/mol. The van der Waals surface area contributed by atoms with Crippen LogP contribution in [0.2, 0.25) is 0 Å². The van der Waals surface area contributed by atoms with Crippen LogP contribution in [0.1, 0.15) is 51.0 Å². The number of hydrogen-bond donors (Lipinski definition) is 0. The van der Waals surface area contributed by atoms with Gasteiger partial charge in [0.25, 0.3) is 0 Å². The lowest BCUT2D eigenvalue weighted by Crippen LogP contribution is -2.59. The number of hydrogen-bond acceptors (Lipinski definition) is 1. The fourth-order valence-corrected chi connectivity index (χ4v) is 4.22. The monoisotopic (exact) mass is 299 g/mol. The Bertz CT molecular complexity index is 493.